The van der Waals surface area contributed by atoms with Gasteiger partial charge in [0.05, 0.1) is 18.1 Å². The molecule has 176 valence electrons. The number of aliphatic hydroxyl groups excluding tert-OH is 1. The van der Waals surface area contributed by atoms with E-state index < -0.39 is 36.0 Å². The lowest BCUT2D eigenvalue weighted by Gasteiger charge is -2.51. The molecule has 0 saturated carbocycles. The number of methoxy groups -OCH3 is 1. The van der Waals surface area contributed by atoms with Gasteiger partial charge in [0.25, 0.3) is 5.79 Å². The number of phenolic OH excluding ortho intramolecular Hbond substituents is 1. The fourth-order valence-electron chi connectivity index (χ4n) is 6.00. The van der Waals surface area contributed by atoms with Gasteiger partial charge in [-0.1, -0.05) is 15.9 Å². The van der Waals surface area contributed by atoms with E-state index in [1.807, 2.05) is 13.0 Å². The summed E-state index contributed by atoms with van der Waals surface area (Å²) >= 11 is 3.19. The first-order valence-electron chi connectivity index (χ1n) is 10.8. The van der Waals surface area contributed by atoms with Crippen LogP contribution in [0.25, 0.3) is 10.8 Å². The zero-order valence-corrected chi connectivity index (χ0v) is 19.6. The molecular weight excluding hydrogens is 500 g/mol. The third kappa shape index (κ3) is 2.23. The maximum Gasteiger partial charge on any atom is 0.273 e. The van der Waals surface area contributed by atoms with E-state index in [1.165, 1.54) is 7.11 Å². The van der Waals surface area contributed by atoms with Gasteiger partial charge >= 0.3 is 0 Å². The molecule has 4 aliphatic rings. The normalized spacial score (nSPS) is 36.0. The van der Waals surface area contributed by atoms with E-state index in [0.717, 1.165) is 5.56 Å². The lowest BCUT2D eigenvalue weighted by atomic mass is 9.77. The lowest BCUT2D eigenvalue weighted by molar-refractivity contribution is -0.343. The van der Waals surface area contributed by atoms with Crippen molar-refractivity contribution in [3.05, 3.63) is 28.3 Å². The minimum atomic E-state index is -2.30. The SMILES string of the molecule is COc1c2c(c(O)c3c4c(c(C)cc13)C1OC3(CO)OC1[C@@](O)(O4)[C@@]3(O)CBr)C(=O)CCC2. The predicted octanol–water partition coefficient (Wildman–Crippen LogP) is 1.75. The van der Waals surface area contributed by atoms with Crippen LogP contribution in [-0.2, 0) is 15.9 Å². The molecule has 9 nitrogen and oxygen atoms in total. The number of aromatic hydroxyl groups is 1. The summed E-state index contributed by atoms with van der Waals surface area (Å²) < 4.78 is 23.7. The maximum atomic E-state index is 12.8. The van der Waals surface area contributed by atoms with Crippen LogP contribution >= 0.6 is 15.9 Å². The number of halogens is 1. The molecule has 1 aliphatic carbocycles. The zero-order valence-electron chi connectivity index (χ0n) is 18.0. The van der Waals surface area contributed by atoms with Gasteiger partial charge in [-0.15, -0.1) is 0 Å². The number of ketones is 1. The third-order valence-corrected chi connectivity index (χ3v) is 8.41. The topological polar surface area (TPSA) is 135 Å². The van der Waals surface area contributed by atoms with Crippen LogP contribution in [0.4, 0.5) is 0 Å². The molecule has 0 aromatic heterocycles. The van der Waals surface area contributed by atoms with Crippen molar-refractivity contribution in [1.82, 2.24) is 0 Å². The molecule has 2 fully saturated rings. The molecule has 2 aromatic rings. The number of alkyl halides is 1. The number of carbonyl (C=O) groups is 1. The number of carbonyl (C=O) groups excluding carboxylic acids is 1. The molecule has 4 N–H and O–H groups in total. The molecule has 10 heteroatoms. The molecule has 2 saturated heterocycles. The van der Waals surface area contributed by atoms with E-state index in [-0.39, 0.29) is 33.6 Å². The van der Waals surface area contributed by atoms with Crippen molar-refractivity contribution in [2.45, 2.75) is 55.6 Å². The van der Waals surface area contributed by atoms with E-state index in [9.17, 15) is 25.2 Å². The monoisotopic (exact) mass is 522 g/mol. The number of hydrogen-bond donors (Lipinski definition) is 4. The van der Waals surface area contributed by atoms with Gasteiger partial charge in [-0.05, 0) is 31.4 Å². The number of aryl methyl sites for hydroxylation is 1. The number of fused-ring (bicyclic) bond motifs is 6. The van der Waals surface area contributed by atoms with Gasteiger partial charge in [0.2, 0.25) is 5.79 Å². The summed E-state index contributed by atoms with van der Waals surface area (Å²) in [4.78, 5) is 12.8. The Morgan fingerprint density at radius 3 is 2.70 bits per heavy atom. The molecule has 3 aliphatic heterocycles. The second-order valence-corrected chi connectivity index (χ2v) is 9.71. The molecule has 2 bridgehead atoms. The highest BCUT2D eigenvalue weighted by Gasteiger charge is 2.83. The Bertz CT molecular complexity index is 1240. The van der Waals surface area contributed by atoms with Crippen molar-refractivity contribution in [1.29, 1.82) is 0 Å². The Kier molecular flexibility index (Phi) is 4.31. The highest BCUT2D eigenvalue weighted by atomic mass is 79.9. The van der Waals surface area contributed by atoms with Crippen LogP contribution < -0.4 is 9.47 Å². The summed E-state index contributed by atoms with van der Waals surface area (Å²) in [6.07, 6.45) is -0.466. The molecular formula is C23H23BrO9. The van der Waals surface area contributed by atoms with Gasteiger partial charge < -0.3 is 39.4 Å². The number of benzene rings is 2. The van der Waals surface area contributed by atoms with Gasteiger partial charge in [-0.2, -0.15) is 0 Å². The molecule has 0 radical (unpaired) electrons. The number of Topliss-reactive ketones (excluding diaryl/α,β-unsaturated/α-hetero) is 1. The van der Waals surface area contributed by atoms with E-state index >= 15 is 0 Å². The van der Waals surface area contributed by atoms with Crippen molar-refractivity contribution in [2.24, 2.45) is 0 Å². The van der Waals surface area contributed by atoms with E-state index in [1.54, 1.807) is 0 Å². The van der Waals surface area contributed by atoms with Crippen LogP contribution in [0.15, 0.2) is 6.07 Å². The Balaban J connectivity index is 1.71. The fourth-order valence-corrected chi connectivity index (χ4v) is 6.83. The first-order chi connectivity index (χ1) is 15.7. The summed E-state index contributed by atoms with van der Waals surface area (Å²) in [6, 6.07) is 1.82. The summed E-state index contributed by atoms with van der Waals surface area (Å²) in [5, 5.41) is 44.9. The molecule has 3 unspecified atom stereocenters. The van der Waals surface area contributed by atoms with Gasteiger partial charge in [0.15, 0.2) is 17.5 Å². The zero-order chi connectivity index (χ0) is 23.5. The Morgan fingerprint density at radius 1 is 1.27 bits per heavy atom. The predicted molar refractivity (Wildman–Crippen MR) is 117 cm³/mol. The van der Waals surface area contributed by atoms with Crippen molar-refractivity contribution in [3.63, 3.8) is 0 Å². The van der Waals surface area contributed by atoms with Crippen LogP contribution in [0, 0.1) is 6.92 Å². The van der Waals surface area contributed by atoms with Gasteiger partial charge in [-0.3, -0.25) is 4.79 Å². The molecule has 2 aromatic carbocycles. The average Bonchev–Trinajstić information content (AvgIpc) is 3.28. The van der Waals surface area contributed by atoms with Gasteiger partial charge in [0, 0.05) is 28.3 Å². The van der Waals surface area contributed by atoms with Crippen LogP contribution in [0.5, 0.6) is 17.2 Å². The van der Waals surface area contributed by atoms with Crippen LogP contribution in [0.2, 0.25) is 0 Å². The Hall–Kier alpha value is -1.95. The van der Waals surface area contributed by atoms with Gasteiger partial charge in [-0.25, -0.2) is 0 Å². The second-order valence-electron chi connectivity index (χ2n) is 9.15. The average molecular weight is 523 g/mol. The standard InChI is InChI=1S/C23H23BrO9/c1-9-6-11-15(16(27)14-10(17(11)30-2)4-3-5-12(14)26)18-13(9)19-20-23(29,32-18)21(28,7-24)22(8-25,31-19)33-20/h6,19-20,25,27-29H,3-5,7-8H2,1-2H3/t19?,20?,21-,22?,23-/m1/s1. The molecule has 33 heavy (non-hydrogen) atoms. The number of phenols is 1. The second kappa shape index (κ2) is 6.59. The smallest absolute Gasteiger partial charge is 0.273 e. The number of aliphatic hydroxyl groups is 3. The first-order valence-corrected chi connectivity index (χ1v) is 11.9. The van der Waals surface area contributed by atoms with E-state index in [2.05, 4.69) is 15.9 Å². The highest BCUT2D eigenvalue weighted by molar-refractivity contribution is 9.09. The molecule has 6 rings (SSSR count). The minimum Gasteiger partial charge on any atom is -0.506 e. The van der Waals surface area contributed by atoms with Crippen LogP contribution in [0.1, 0.15) is 46.0 Å². The summed E-state index contributed by atoms with van der Waals surface area (Å²) in [6.45, 7) is 1.11. The van der Waals surface area contributed by atoms with Gasteiger partial charge in [0.1, 0.15) is 30.0 Å². The summed E-state index contributed by atoms with van der Waals surface area (Å²) in [7, 11) is 1.50. The molecule has 5 atom stereocenters. The van der Waals surface area contributed by atoms with Crippen molar-refractivity contribution < 1.29 is 44.2 Å². The van der Waals surface area contributed by atoms with Crippen molar-refractivity contribution >= 4 is 32.5 Å². The quantitative estimate of drug-likeness (QED) is 0.444. The van der Waals surface area contributed by atoms with E-state index in [0.29, 0.717) is 41.5 Å². The number of rotatable bonds is 3. The Labute approximate surface area is 196 Å². The number of hydrogen-bond acceptors (Lipinski definition) is 9. The molecule has 0 spiro atoms. The minimum absolute atomic E-state index is 0.0853. The fraction of sp³-hybridized carbons (Fsp3) is 0.522. The van der Waals surface area contributed by atoms with Crippen LogP contribution in [0.3, 0.4) is 0 Å². The first kappa shape index (κ1) is 21.6. The van der Waals surface area contributed by atoms with Crippen LogP contribution in [-0.4, -0.2) is 68.5 Å². The summed E-state index contributed by atoms with van der Waals surface area (Å²) in [5.41, 5.74) is -0.105. The third-order valence-electron chi connectivity index (χ3n) is 7.60. The molecule has 3 heterocycles. The number of ether oxygens (including phenoxy) is 4. The lowest BCUT2D eigenvalue weighted by Crippen LogP contribution is -2.74. The van der Waals surface area contributed by atoms with Crippen molar-refractivity contribution in [2.75, 3.05) is 19.0 Å². The van der Waals surface area contributed by atoms with E-state index in [4.69, 9.17) is 18.9 Å². The largest absolute Gasteiger partial charge is 0.506 e. The molecule has 0 amide bonds. The van der Waals surface area contributed by atoms with Crippen molar-refractivity contribution in [3.8, 4) is 17.2 Å². The Morgan fingerprint density at radius 2 is 2.03 bits per heavy atom. The summed E-state index contributed by atoms with van der Waals surface area (Å²) in [5.74, 6) is -4.09. The maximum absolute atomic E-state index is 12.8. The highest BCUT2D eigenvalue weighted by Crippen LogP contribution is 2.65.